The number of ether oxygens (including phenoxy) is 5. The number of aromatic nitrogens is 2. The normalized spacial score (nSPS) is 18.0. The Morgan fingerprint density at radius 1 is 0.925 bits per heavy atom. The van der Waals surface area contributed by atoms with Crippen LogP contribution in [0.2, 0.25) is 0 Å². The molecule has 0 spiro atoms. The van der Waals surface area contributed by atoms with Crippen molar-refractivity contribution in [1.29, 1.82) is 0 Å². The lowest BCUT2D eigenvalue weighted by molar-refractivity contribution is -0.117. The molecule has 0 bridgehead atoms. The van der Waals surface area contributed by atoms with Crippen LogP contribution in [0.4, 0.5) is 9.18 Å². The summed E-state index contributed by atoms with van der Waals surface area (Å²) in [6, 6.07) is 25.6. The van der Waals surface area contributed by atoms with Crippen molar-refractivity contribution in [3.8, 4) is 11.5 Å². The van der Waals surface area contributed by atoms with E-state index < -0.39 is 61.5 Å². The number of carbonyl (C=O) groups excluding carboxylic acids is 2. The predicted octanol–water partition coefficient (Wildman–Crippen LogP) is 8.52. The van der Waals surface area contributed by atoms with Gasteiger partial charge in [0.15, 0.2) is 17.5 Å². The van der Waals surface area contributed by atoms with Crippen LogP contribution in [0.15, 0.2) is 113 Å². The van der Waals surface area contributed by atoms with Gasteiger partial charge in [-0.3, -0.25) is 19.1 Å². The first kappa shape index (κ1) is 53.1. The first-order valence-corrected chi connectivity index (χ1v) is 24.3. The average Bonchev–Trinajstić information content (AvgIpc) is 3.62. The van der Waals surface area contributed by atoms with E-state index in [9.17, 15) is 19.2 Å². The van der Waals surface area contributed by atoms with Crippen molar-refractivity contribution >= 4 is 31.5 Å². The van der Waals surface area contributed by atoms with Gasteiger partial charge in [0, 0.05) is 36.6 Å². The number of aromatic amines is 1. The minimum Gasteiger partial charge on any atom is -0.497 e. The summed E-state index contributed by atoms with van der Waals surface area (Å²) < 4.78 is 63.4. The van der Waals surface area contributed by atoms with Gasteiger partial charge in [0.05, 0.1) is 32.8 Å². The number of halogens is 1. The highest BCUT2D eigenvalue weighted by atomic mass is 32.2. The van der Waals surface area contributed by atoms with Gasteiger partial charge in [-0.05, 0) is 81.5 Å². The van der Waals surface area contributed by atoms with Crippen molar-refractivity contribution in [3.63, 3.8) is 0 Å². The summed E-state index contributed by atoms with van der Waals surface area (Å²) in [5.74, 6) is 1.78. The molecule has 1 fully saturated rings. The highest BCUT2D eigenvalue weighted by molar-refractivity contribution is 8.13. The van der Waals surface area contributed by atoms with Crippen LogP contribution in [0.25, 0.3) is 0 Å². The number of unbranched alkanes of at least 4 members (excludes halogenated alkanes) is 1. The fraction of sp³-hybridized carbons (Fsp3) is 0.469. The number of hydrogen-bond acceptors (Lipinski definition) is 13. The maximum atomic E-state index is 17.3. The number of nitrogens with one attached hydrogen (secondary N) is 2. The zero-order chi connectivity index (χ0) is 48.7. The number of methoxy groups -OCH3 is 2. The number of amides is 1. The molecule has 15 nitrogen and oxygen atoms in total. The summed E-state index contributed by atoms with van der Waals surface area (Å²) in [5, 5.41) is 2.55. The minimum absolute atomic E-state index is 0.0683. The fourth-order valence-corrected chi connectivity index (χ4v) is 10.4. The number of alkyl halides is 1. The number of carbonyl (C=O) groups is 2. The van der Waals surface area contributed by atoms with E-state index >= 15 is 4.39 Å². The standard InChI is InChI=1S/C49H64FN4O11PS/c1-10-28-61-47(58)51-32-48(6,7)45(56)67-30-15-14-29-63-66(54(33(2)3)34(4)5)65-43-40(64-44(42(43)50)53-27-26-41(55)52-46(53)57)31-62-49(35-16-12-11-13-17-35,36-18-22-38(59-8)23-19-36)37-20-24-39(60-9)25-21-37/h10-13,16-27,33-34,40,42-44H,1,14-15,28-32H2,2-9H3,(H,51,58)(H,52,55,57). The molecule has 0 aliphatic carbocycles. The van der Waals surface area contributed by atoms with Gasteiger partial charge < -0.3 is 38.0 Å². The molecule has 0 saturated carbocycles. The van der Waals surface area contributed by atoms with Crippen LogP contribution in [0.5, 0.6) is 11.5 Å². The van der Waals surface area contributed by atoms with Crippen molar-refractivity contribution in [2.24, 2.45) is 5.41 Å². The molecule has 5 rings (SSSR count). The van der Waals surface area contributed by atoms with E-state index in [0.717, 1.165) is 27.3 Å². The Hall–Kier alpha value is -4.87. The van der Waals surface area contributed by atoms with Crippen molar-refractivity contribution in [2.75, 3.05) is 46.3 Å². The predicted molar refractivity (Wildman–Crippen MR) is 258 cm³/mol. The van der Waals surface area contributed by atoms with Crippen molar-refractivity contribution < 1.29 is 46.7 Å². The Labute approximate surface area is 397 Å². The molecule has 1 saturated heterocycles. The van der Waals surface area contributed by atoms with E-state index in [1.807, 2.05) is 111 Å². The smallest absolute Gasteiger partial charge is 0.407 e. The molecule has 4 aromatic rings. The molecule has 0 radical (unpaired) electrons. The Morgan fingerprint density at radius 3 is 2.07 bits per heavy atom. The third-order valence-electron chi connectivity index (χ3n) is 11.0. The number of thioether (sulfide) groups is 1. The maximum Gasteiger partial charge on any atom is 0.407 e. The van der Waals surface area contributed by atoms with E-state index in [4.69, 9.17) is 32.7 Å². The van der Waals surface area contributed by atoms with Gasteiger partial charge in [0.25, 0.3) is 14.1 Å². The molecular weight excluding hydrogens is 903 g/mol. The molecule has 364 valence electrons. The van der Waals surface area contributed by atoms with Crippen LogP contribution in [-0.4, -0.2) is 102 Å². The largest absolute Gasteiger partial charge is 0.497 e. The zero-order valence-electron chi connectivity index (χ0n) is 39.5. The quantitative estimate of drug-likeness (QED) is 0.0281. The van der Waals surface area contributed by atoms with Gasteiger partial charge in [-0.25, -0.2) is 18.6 Å². The SMILES string of the molecule is C=CCOC(=O)NCC(C)(C)C(=O)SCCCCOP(OC1C(COC(c2ccccc2)(c2ccc(OC)cc2)c2ccc(OC)cc2)OC(n2ccc(=O)[nH]c2=O)C1F)N(C(C)C)C(C)C. The molecule has 18 heteroatoms. The number of H-pyrrole nitrogens is 1. The van der Waals surface area contributed by atoms with Crippen LogP contribution in [-0.2, 0) is 33.7 Å². The first-order valence-electron chi connectivity index (χ1n) is 22.2. The second-order valence-electron chi connectivity index (χ2n) is 17.0. The average molecular weight is 967 g/mol. The van der Waals surface area contributed by atoms with Gasteiger partial charge in [0.1, 0.15) is 35.9 Å². The first-order chi connectivity index (χ1) is 32.1. The summed E-state index contributed by atoms with van der Waals surface area (Å²) in [6.45, 7) is 15.2. The summed E-state index contributed by atoms with van der Waals surface area (Å²) in [7, 11) is 1.21. The Bertz CT molecular complexity index is 2260. The number of nitrogens with zero attached hydrogens (tertiary/aromatic N) is 2. The van der Waals surface area contributed by atoms with Gasteiger partial charge in [-0.1, -0.05) is 92.9 Å². The van der Waals surface area contributed by atoms with E-state index in [1.54, 1.807) is 28.1 Å². The van der Waals surface area contributed by atoms with Crippen molar-refractivity contribution in [3.05, 3.63) is 141 Å². The van der Waals surface area contributed by atoms with Crippen molar-refractivity contribution in [1.82, 2.24) is 19.5 Å². The molecule has 5 atom stereocenters. The summed E-state index contributed by atoms with van der Waals surface area (Å²) in [5.41, 5.74) is -1.36. The lowest BCUT2D eigenvalue weighted by atomic mass is 9.80. The van der Waals surface area contributed by atoms with E-state index in [2.05, 4.69) is 16.9 Å². The molecule has 1 aliphatic rings. The Kier molecular flexibility index (Phi) is 19.8. The van der Waals surface area contributed by atoms with E-state index in [0.29, 0.717) is 30.1 Å². The molecular formula is C49H64FN4O11PS. The second-order valence-corrected chi connectivity index (χ2v) is 19.5. The number of benzene rings is 3. The third-order valence-corrected chi connectivity index (χ3v) is 14.5. The molecule has 3 aromatic carbocycles. The van der Waals surface area contributed by atoms with Crippen LogP contribution < -0.4 is 26.0 Å². The van der Waals surface area contributed by atoms with Crippen LogP contribution >= 0.6 is 20.3 Å². The Morgan fingerprint density at radius 2 is 1.52 bits per heavy atom. The van der Waals surface area contributed by atoms with Crippen LogP contribution in [0.3, 0.4) is 0 Å². The molecule has 2 heterocycles. The minimum atomic E-state index is -1.96. The van der Waals surface area contributed by atoms with Gasteiger partial charge >= 0.3 is 11.8 Å². The highest BCUT2D eigenvalue weighted by Gasteiger charge is 2.51. The zero-order valence-corrected chi connectivity index (χ0v) is 41.2. The molecule has 2 N–H and O–H groups in total. The second kappa shape index (κ2) is 24.9. The Balaban J connectivity index is 1.43. The third kappa shape index (κ3) is 13.7. The molecule has 5 unspecified atom stereocenters. The summed E-state index contributed by atoms with van der Waals surface area (Å²) in [4.78, 5) is 52.5. The highest BCUT2D eigenvalue weighted by Crippen LogP contribution is 2.51. The monoisotopic (exact) mass is 966 g/mol. The van der Waals surface area contributed by atoms with E-state index in [-0.39, 0.29) is 43.6 Å². The molecule has 1 aliphatic heterocycles. The van der Waals surface area contributed by atoms with Gasteiger partial charge in [0.2, 0.25) is 0 Å². The lowest BCUT2D eigenvalue weighted by Gasteiger charge is -2.39. The number of hydrogen-bond donors (Lipinski definition) is 2. The van der Waals surface area contributed by atoms with Gasteiger partial charge in [-0.2, -0.15) is 0 Å². The molecule has 67 heavy (non-hydrogen) atoms. The van der Waals surface area contributed by atoms with Gasteiger partial charge in [-0.15, -0.1) is 0 Å². The van der Waals surface area contributed by atoms with Crippen LogP contribution in [0, 0.1) is 5.41 Å². The van der Waals surface area contributed by atoms with Crippen molar-refractivity contribution in [2.45, 2.75) is 96.7 Å². The molecule has 1 amide bonds. The topological polar surface area (TPSA) is 169 Å². The maximum absolute atomic E-state index is 17.3. The summed E-state index contributed by atoms with van der Waals surface area (Å²) >= 11 is 1.18. The number of alkyl carbamates (subject to hydrolysis) is 1. The number of rotatable bonds is 25. The summed E-state index contributed by atoms with van der Waals surface area (Å²) in [6.07, 6.45) is -2.63. The fourth-order valence-electron chi connectivity index (χ4n) is 7.57. The lowest BCUT2D eigenvalue weighted by Crippen LogP contribution is -2.41. The van der Waals surface area contributed by atoms with E-state index in [1.165, 1.54) is 24.0 Å². The molecule has 1 aromatic heterocycles. The van der Waals surface area contributed by atoms with Crippen LogP contribution in [0.1, 0.15) is 77.3 Å².